The predicted octanol–water partition coefficient (Wildman–Crippen LogP) is 4.10. The van der Waals surface area contributed by atoms with Gasteiger partial charge in [0.15, 0.2) is 0 Å². The highest BCUT2D eigenvalue weighted by Gasteiger charge is 2.14. The van der Waals surface area contributed by atoms with Crippen molar-refractivity contribution in [3.8, 4) is 0 Å². The molecule has 0 unspecified atom stereocenters. The van der Waals surface area contributed by atoms with E-state index < -0.39 is 0 Å². The van der Waals surface area contributed by atoms with Gasteiger partial charge in [-0.15, -0.1) is 0 Å². The highest BCUT2D eigenvalue weighted by Crippen LogP contribution is 2.24. The molecule has 122 valence electrons. The van der Waals surface area contributed by atoms with Gasteiger partial charge in [-0.1, -0.05) is 26.0 Å². The first-order valence-electron chi connectivity index (χ1n) is 7.90. The number of nitrogen functional groups attached to an aromatic ring is 1. The van der Waals surface area contributed by atoms with Gasteiger partial charge in [-0.3, -0.25) is 4.79 Å². The third kappa shape index (κ3) is 4.03. The molecule has 3 N–H and O–H groups in total. The highest BCUT2D eigenvalue weighted by atomic mass is 16.1. The first-order valence-corrected chi connectivity index (χ1v) is 7.90. The largest absolute Gasteiger partial charge is 0.399 e. The molecule has 2 rings (SSSR count). The lowest BCUT2D eigenvalue weighted by atomic mass is 9.98. The van der Waals surface area contributed by atoms with E-state index in [0.717, 1.165) is 17.8 Å². The Hall–Kier alpha value is -2.49. The lowest BCUT2D eigenvalue weighted by molar-refractivity contribution is 0.102. The van der Waals surface area contributed by atoms with Crippen molar-refractivity contribution >= 4 is 23.0 Å². The summed E-state index contributed by atoms with van der Waals surface area (Å²) in [5, 5.41) is 2.94. The monoisotopic (exact) mass is 311 g/mol. The second-order valence-corrected chi connectivity index (χ2v) is 6.06. The van der Waals surface area contributed by atoms with E-state index in [0.29, 0.717) is 17.2 Å². The Labute approximate surface area is 138 Å². The molecule has 2 aromatic carbocycles. The Kier molecular flexibility index (Phi) is 5.27. The third-order valence-corrected chi connectivity index (χ3v) is 4.10. The van der Waals surface area contributed by atoms with Crippen LogP contribution in [0, 0.1) is 0 Å². The molecular weight excluding hydrogens is 286 g/mol. The molecule has 0 spiro atoms. The lowest BCUT2D eigenvalue weighted by Crippen LogP contribution is -2.18. The molecule has 4 heteroatoms. The molecule has 0 aromatic heterocycles. The Bertz CT molecular complexity index is 678. The molecule has 0 radical (unpaired) electrons. The zero-order valence-corrected chi connectivity index (χ0v) is 14.3. The van der Waals surface area contributed by atoms with Crippen molar-refractivity contribution in [1.29, 1.82) is 0 Å². The Morgan fingerprint density at radius 2 is 1.83 bits per heavy atom. The summed E-state index contributed by atoms with van der Waals surface area (Å²) < 4.78 is 0. The first-order chi connectivity index (χ1) is 10.9. The molecule has 0 saturated carbocycles. The summed E-state index contributed by atoms with van der Waals surface area (Å²) in [7, 11) is 3.81. The summed E-state index contributed by atoms with van der Waals surface area (Å²) in [6.45, 7) is 4.37. The molecule has 0 fully saturated rings. The summed E-state index contributed by atoms with van der Waals surface area (Å²) in [6.07, 6.45) is 1.10. The first kappa shape index (κ1) is 16.9. The van der Waals surface area contributed by atoms with Gasteiger partial charge in [0.25, 0.3) is 5.91 Å². The molecule has 4 nitrogen and oxygen atoms in total. The van der Waals surface area contributed by atoms with E-state index in [1.807, 2.05) is 37.2 Å². The van der Waals surface area contributed by atoms with Crippen molar-refractivity contribution in [2.75, 3.05) is 30.0 Å². The second kappa shape index (κ2) is 7.18. The number of nitrogens with zero attached hydrogens (tertiary/aromatic N) is 1. The van der Waals surface area contributed by atoms with Crippen LogP contribution in [0.3, 0.4) is 0 Å². The number of carbonyl (C=O) groups is 1. The van der Waals surface area contributed by atoms with Crippen LogP contribution in [0.5, 0.6) is 0 Å². The van der Waals surface area contributed by atoms with Gasteiger partial charge in [0.05, 0.1) is 5.56 Å². The molecule has 1 amide bonds. The average Bonchev–Trinajstić information content (AvgIpc) is 2.54. The summed E-state index contributed by atoms with van der Waals surface area (Å²) in [5.74, 6) is 0.367. The van der Waals surface area contributed by atoms with Crippen molar-refractivity contribution in [3.05, 3.63) is 53.6 Å². The van der Waals surface area contributed by atoms with Crippen LogP contribution in [0.15, 0.2) is 42.5 Å². The van der Waals surface area contributed by atoms with Gasteiger partial charge in [-0.25, -0.2) is 0 Å². The van der Waals surface area contributed by atoms with E-state index in [1.165, 1.54) is 5.56 Å². The van der Waals surface area contributed by atoms with Crippen molar-refractivity contribution in [2.45, 2.75) is 26.2 Å². The molecule has 0 aliphatic rings. The molecular formula is C19H25N3O. The minimum atomic E-state index is -0.155. The number of benzene rings is 2. The molecule has 0 aliphatic carbocycles. The summed E-state index contributed by atoms with van der Waals surface area (Å²) in [4.78, 5) is 14.5. The van der Waals surface area contributed by atoms with Crippen LogP contribution < -0.4 is 16.0 Å². The maximum atomic E-state index is 12.6. The lowest BCUT2D eigenvalue weighted by Gasteiger charge is -2.18. The number of carbonyl (C=O) groups excluding carboxylic acids is 1. The molecule has 0 bridgehead atoms. The van der Waals surface area contributed by atoms with E-state index in [2.05, 4.69) is 31.3 Å². The summed E-state index contributed by atoms with van der Waals surface area (Å²) >= 11 is 0. The van der Waals surface area contributed by atoms with E-state index in [-0.39, 0.29) is 5.91 Å². The predicted molar refractivity (Wildman–Crippen MR) is 98.3 cm³/mol. The van der Waals surface area contributed by atoms with Crippen molar-refractivity contribution in [1.82, 2.24) is 0 Å². The Balaban J connectivity index is 2.21. The number of amides is 1. The highest BCUT2D eigenvalue weighted by molar-refractivity contribution is 6.08. The molecule has 23 heavy (non-hydrogen) atoms. The average molecular weight is 311 g/mol. The fourth-order valence-electron chi connectivity index (χ4n) is 2.45. The standard InChI is InChI=1S/C19H25N3O/c1-5-13(2)14-6-9-16(10-7-14)21-19(23)17-12-15(20)8-11-18(17)22(3)4/h6-13H,5,20H2,1-4H3,(H,21,23)/t13-/m1/s1. The fraction of sp³-hybridized carbons (Fsp3) is 0.316. The summed E-state index contributed by atoms with van der Waals surface area (Å²) in [6, 6.07) is 13.4. The van der Waals surface area contributed by atoms with Crippen LogP contribution in [0.2, 0.25) is 0 Å². The molecule has 2 aromatic rings. The van der Waals surface area contributed by atoms with E-state index >= 15 is 0 Å². The van der Waals surface area contributed by atoms with E-state index in [1.54, 1.807) is 12.1 Å². The van der Waals surface area contributed by atoms with Crippen LogP contribution in [0.25, 0.3) is 0 Å². The SMILES string of the molecule is CC[C@@H](C)c1ccc(NC(=O)c2cc(N)ccc2N(C)C)cc1. The normalized spacial score (nSPS) is 11.8. The van der Waals surface area contributed by atoms with Gasteiger partial charge in [0.2, 0.25) is 0 Å². The number of anilines is 3. The third-order valence-electron chi connectivity index (χ3n) is 4.10. The molecule has 0 heterocycles. The number of nitrogens with one attached hydrogen (secondary N) is 1. The van der Waals surface area contributed by atoms with Gasteiger partial charge in [0.1, 0.15) is 0 Å². The van der Waals surface area contributed by atoms with Gasteiger partial charge < -0.3 is 16.0 Å². The van der Waals surface area contributed by atoms with Crippen LogP contribution in [-0.2, 0) is 0 Å². The van der Waals surface area contributed by atoms with E-state index in [9.17, 15) is 4.79 Å². The minimum Gasteiger partial charge on any atom is -0.399 e. The van der Waals surface area contributed by atoms with Crippen molar-refractivity contribution in [2.24, 2.45) is 0 Å². The molecule has 0 saturated heterocycles. The minimum absolute atomic E-state index is 0.155. The zero-order chi connectivity index (χ0) is 17.0. The summed E-state index contributed by atoms with van der Waals surface area (Å²) in [5.41, 5.74) is 9.88. The quantitative estimate of drug-likeness (QED) is 0.817. The maximum Gasteiger partial charge on any atom is 0.257 e. The number of rotatable bonds is 5. The van der Waals surface area contributed by atoms with Crippen LogP contribution in [0.4, 0.5) is 17.1 Å². The van der Waals surface area contributed by atoms with Gasteiger partial charge in [-0.2, -0.15) is 0 Å². The van der Waals surface area contributed by atoms with Gasteiger partial charge in [-0.05, 0) is 48.2 Å². The maximum absolute atomic E-state index is 12.6. The van der Waals surface area contributed by atoms with Crippen molar-refractivity contribution < 1.29 is 4.79 Å². The number of hydrogen-bond acceptors (Lipinski definition) is 3. The Morgan fingerprint density at radius 1 is 1.17 bits per heavy atom. The number of hydrogen-bond donors (Lipinski definition) is 2. The van der Waals surface area contributed by atoms with E-state index in [4.69, 9.17) is 5.73 Å². The van der Waals surface area contributed by atoms with Gasteiger partial charge >= 0.3 is 0 Å². The topological polar surface area (TPSA) is 58.4 Å². The number of nitrogens with two attached hydrogens (primary N) is 1. The van der Waals surface area contributed by atoms with Crippen LogP contribution >= 0.6 is 0 Å². The van der Waals surface area contributed by atoms with Gasteiger partial charge in [0, 0.05) is 31.2 Å². The van der Waals surface area contributed by atoms with Crippen LogP contribution in [-0.4, -0.2) is 20.0 Å². The molecule has 0 aliphatic heterocycles. The fourth-order valence-corrected chi connectivity index (χ4v) is 2.45. The van der Waals surface area contributed by atoms with Crippen LogP contribution in [0.1, 0.15) is 42.1 Å². The van der Waals surface area contributed by atoms with Crippen molar-refractivity contribution in [3.63, 3.8) is 0 Å². The second-order valence-electron chi connectivity index (χ2n) is 6.06. The smallest absolute Gasteiger partial charge is 0.257 e. The zero-order valence-electron chi connectivity index (χ0n) is 14.3. The molecule has 1 atom stereocenters. The Morgan fingerprint density at radius 3 is 2.39 bits per heavy atom.